The van der Waals surface area contributed by atoms with E-state index in [2.05, 4.69) is 46.4 Å². The van der Waals surface area contributed by atoms with Crippen LogP contribution < -0.4 is 5.32 Å². The van der Waals surface area contributed by atoms with Crippen LogP contribution in [0.1, 0.15) is 23.5 Å². The Morgan fingerprint density at radius 2 is 2.29 bits per heavy atom. The summed E-state index contributed by atoms with van der Waals surface area (Å²) in [5.74, 6) is 1.66. The molecular weight excluding hydrogens is 238 g/mol. The second kappa shape index (κ2) is 4.03. The van der Waals surface area contributed by atoms with E-state index < -0.39 is 0 Å². The van der Waals surface area contributed by atoms with E-state index in [1.807, 2.05) is 7.05 Å². The van der Waals surface area contributed by atoms with Crippen molar-refractivity contribution in [2.45, 2.75) is 19.3 Å². The molecule has 1 aromatic rings. The molecule has 1 saturated carbocycles. The van der Waals surface area contributed by atoms with E-state index in [0.717, 1.165) is 18.4 Å². The van der Waals surface area contributed by atoms with Crippen LogP contribution in [-0.2, 0) is 0 Å². The first-order valence-corrected chi connectivity index (χ1v) is 5.92. The fourth-order valence-electron chi connectivity index (χ4n) is 2.04. The number of hydrogen-bond donors (Lipinski definition) is 1. The molecule has 0 heterocycles. The number of halogens is 1. The number of nitrogens with one attached hydrogen (secondary N) is 1. The molecule has 0 aromatic heterocycles. The average molecular weight is 254 g/mol. The van der Waals surface area contributed by atoms with E-state index in [1.165, 1.54) is 22.0 Å². The second-order valence-electron chi connectivity index (χ2n) is 4.17. The lowest BCUT2D eigenvalue weighted by Crippen LogP contribution is -2.10. The summed E-state index contributed by atoms with van der Waals surface area (Å²) < 4.78 is 1.21. The molecule has 0 spiro atoms. The molecule has 0 saturated heterocycles. The highest BCUT2D eigenvalue weighted by Crippen LogP contribution is 2.47. The minimum atomic E-state index is 0.800. The Labute approximate surface area is 94.0 Å². The number of rotatable bonds is 3. The summed E-state index contributed by atoms with van der Waals surface area (Å²) in [6, 6.07) is 6.72. The van der Waals surface area contributed by atoms with Crippen LogP contribution in [0, 0.1) is 12.8 Å². The van der Waals surface area contributed by atoms with Gasteiger partial charge in [0.15, 0.2) is 0 Å². The third-order valence-electron chi connectivity index (χ3n) is 3.00. The topological polar surface area (TPSA) is 12.0 Å². The Hall–Kier alpha value is -0.340. The van der Waals surface area contributed by atoms with E-state index in [4.69, 9.17) is 0 Å². The van der Waals surface area contributed by atoms with Gasteiger partial charge in [-0.15, -0.1) is 0 Å². The summed E-state index contributed by atoms with van der Waals surface area (Å²) >= 11 is 3.53. The summed E-state index contributed by atoms with van der Waals surface area (Å²) in [5.41, 5.74) is 2.85. The van der Waals surface area contributed by atoms with Gasteiger partial charge in [0.25, 0.3) is 0 Å². The van der Waals surface area contributed by atoms with Crippen molar-refractivity contribution in [1.29, 1.82) is 0 Å². The Morgan fingerprint density at radius 1 is 1.50 bits per heavy atom. The second-order valence-corrected chi connectivity index (χ2v) is 5.02. The molecule has 0 amide bonds. The van der Waals surface area contributed by atoms with Gasteiger partial charge in [-0.05, 0) is 56.0 Å². The van der Waals surface area contributed by atoms with Crippen molar-refractivity contribution >= 4 is 15.9 Å². The highest BCUT2D eigenvalue weighted by atomic mass is 79.9. The predicted molar refractivity (Wildman–Crippen MR) is 63.7 cm³/mol. The first-order chi connectivity index (χ1) is 6.72. The summed E-state index contributed by atoms with van der Waals surface area (Å²) in [6.45, 7) is 3.31. The summed E-state index contributed by atoms with van der Waals surface area (Å²) in [7, 11) is 2.03. The van der Waals surface area contributed by atoms with Crippen LogP contribution in [0.4, 0.5) is 0 Å². The van der Waals surface area contributed by atoms with Gasteiger partial charge < -0.3 is 5.32 Å². The van der Waals surface area contributed by atoms with Crippen molar-refractivity contribution < 1.29 is 0 Å². The van der Waals surface area contributed by atoms with Crippen molar-refractivity contribution in [2.75, 3.05) is 13.6 Å². The smallest absolute Gasteiger partial charge is 0.0204 e. The first-order valence-electron chi connectivity index (χ1n) is 5.13. The van der Waals surface area contributed by atoms with Crippen molar-refractivity contribution in [3.05, 3.63) is 33.8 Å². The molecule has 76 valence electrons. The zero-order valence-corrected chi connectivity index (χ0v) is 10.3. The fraction of sp³-hybridized carbons (Fsp3) is 0.500. The Balaban J connectivity index is 2.08. The lowest BCUT2D eigenvalue weighted by atomic mass is 10.1. The van der Waals surface area contributed by atoms with E-state index >= 15 is 0 Å². The van der Waals surface area contributed by atoms with E-state index in [9.17, 15) is 0 Å². The molecule has 2 atom stereocenters. The van der Waals surface area contributed by atoms with Crippen LogP contribution in [0.2, 0.25) is 0 Å². The van der Waals surface area contributed by atoms with E-state index in [-0.39, 0.29) is 0 Å². The summed E-state index contributed by atoms with van der Waals surface area (Å²) in [4.78, 5) is 0. The van der Waals surface area contributed by atoms with Gasteiger partial charge in [0, 0.05) is 4.47 Å². The highest BCUT2D eigenvalue weighted by Gasteiger charge is 2.37. The molecule has 0 aliphatic heterocycles. The first kappa shape index (κ1) is 10.2. The third kappa shape index (κ3) is 2.01. The van der Waals surface area contributed by atoms with E-state index in [0.29, 0.717) is 0 Å². The van der Waals surface area contributed by atoms with Gasteiger partial charge in [0.2, 0.25) is 0 Å². The largest absolute Gasteiger partial charge is 0.319 e. The minimum Gasteiger partial charge on any atom is -0.319 e. The molecular formula is C12H16BrN. The molecule has 1 fully saturated rings. The summed E-state index contributed by atoms with van der Waals surface area (Å²) in [6.07, 6.45) is 1.35. The van der Waals surface area contributed by atoms with Gasteiger partial charge in [-0.25, -0.2) is 0 Å². The maximum Gasteiger partial charge on any atom is 0.0204 e. The molecule has 0 bridgehead atoms. The number of benzene rings is 1. The molecule has 0 radical (unpaired) electrons. The molecule has 2 unspecified atom stereocenters. The van der Waals surface area contributed by atoms with Gasteiger partial charge in [-0.1, -0.05) is 28.1 Å². The van der Waals surface area contributed by atoms with Crippen molar-refractivity contribution in [3.8, 4) is 0 Å². The molecule has 1 aromatic carbocycles. The average Bonchev–Trinajstić information content (AvgIpc) is 2.90. The third-order valence-corrected chi connectivity index (χ3v) is 3.89. The van der Waals surface area contributed by atoms with Crippen LogP contribution >= 0.6 is 15.9 Å². The summed E-state index contributed by atoms with van der Waals surface area (Å²) in [5, 5.41) is 3.25. The quantitative estimate of drug-likeness (QED) is 0.874. The van der Waals surface area contributed by atoms with Crippen molar-refractivity contribution in [1.82, 2.24) is 5.32 Å². The Morgan fingerprint density at radius 3 is 2.93 bits per heavy atom. The van der Waals surface area contributed by atoms with Crippen molar-refractivity contribution in [2.24, 2.45) is 5.92 Å². The Kier molecular flexibility index (Phi) is 2.93. The number of aryl methyl sites for hydroxylation is 1. The van der Waals surface area contributed by atoms with Gasteiger partial charge in [-0.2, -0.15) is 0 Å². The molecule has 2 heteroatoms. The highest BCUT2D eigenvalue weighted by molar-refractivity contribution is 9.10. The maximum atomic E-state index is 3.53. The van der Waals surface area contributed by atoms with E-state index in [1.54, 1.807) is 0 Å². The van der Waals surface area contributed by atoms with Crippen LogP contribution in [0.3, 0.4) is 0 Å². The maximum absolute atomic E-state index is 3.53. The van der Waals surface area contributed by atoms with Gasteiger partial charge in [0.05, 0.1) is 0 Å². The zero-order chi connectivity index (χ0) is 10.1. The lowest BCUT2D eigenvalue weighted by molar-refractivity contribution is 0.698. The van der Waals surface area contributed by atoms with Crippen LogP contribution in [0.15, 0.2) is 22.7 Å². The molecule has 1 aliphatic rings. The monoisotopic (exact) mass is 253 g/mol. The SMILES string of the molecule is CNCC1CC1c1ccc(Br)c(C)c1. The minimum absolute atomic E-state index is 0.800. The van der Waals surface area contributed by atoms with Gasteiger partial charge in [-0.3, -0.25) is 0 Å². The Bertz CT molecular complexity index is 335. The number of hydrogen-bond acceptors (Lipinski definition) is 1. The standard InChI is InChI=1S/C12H16BrN/c1-8-5-9(3-4-12(8)13)11-6-10(11)7-14-2/h3-5,10-11,14H,6-7H2,1-2H3. The molecule has 2 rings (SSSR count). The van der Waals surface area contributed by atoms with Crippen LogP contribution in [-0.4, -0.2) is 13.6 Å². The molecule has 1 aliphatic carbocycles. The van der Waals surface area contributed by atoms with Crippen molar-refractivity contribution in [3.63, 3.8) is 0 Å². The lowest BCUT2D eigenvalue weighted by Gasteiger charge is -2.03. The fourth-order valence-corrected chi connectivity index (χ4v) is 2.29. The molecule has 1 nitrogen and oxygen atoms in total. The normalized spacial score (nSPS) is 25.1. The zero-order valence-electron chi connectivity index (χ0n) is 8.68. The molecule has 14 heavy (non-hydrogen) atoms. The molecule has 1 N–H and O–H groups in total. The van der Waals surface area contributed by atoms with Crippen LogP contribution in [0.25, 0.3) is 0 Å². The van der Waals surface area contributed by atoms with Gasteiger partial charge in [0.1, 0.15) is 0 Å². The predicted octanol–water partition coefficient (Wildman–Crippen LogP) is 3.08. The van der Waals surface area contributed by atoms with Crippen LogP contribution in [0.5, 0.6) is 0 Å². The van der Waals surface area contributed by atoms with Gasteiger partial charge >= 0.3 is 0 Å².